The molecule has 2 rings (SSSR count). The van der Waals surface area contributed by atoms with Crippen molar-refractivity contribution in [1.82, 2.24) is 20.8 Å². The Morgan fingerprint density at radius 2 is 2.15 bits per heavy atom. The Hall–Kier alpha value is -2.22. The number of H-pyrrole nitrogens is 1. The fourth-order valence-corrected chi connectivity index (χ4v) is 1.82. The molecule has 0 aromatic carbocycles. The molecule has 1 fully saturated rings. The first-order valence-electron chi connectivity index (χ1n) is 6.40. The maximum Gasteiger partial charge on any atom is 0.271 e. The van der Waals surface area contributed by atoms with E-state index in [0.29, 0.717) is 13.2 Å². The van der Waals surface area contributed by atoms with Gasteiger partial charge >= 0.3 is 0 Å². The van der Waals surface area contributed by atoms with E-state index in [1.54, 1.807) is 0 Å². The average molecular weight is 280 g/mol. The third-order valence-electron chi connectivity index (χ3n) is 2.84. The van der Waals surface area contributed by atoms with Gasteiger partial charge in [-0.15, -0.1) is 0 Å². The predicted molar refractivity (Wildman–Crippen MR) is 69.2 cm³/mol. The van der Waals surface area contributed by atoms with Crippen LogP contribution >= 0.6 is 0 Å². The molecule has 0 radical (unpaired) electrons. The molecule has 0 spiro atoms. The lowest BCUT2D eigenvalue weighted by Gasteiger charge is -2.10. The predicted octanol–water partition coefficient (Wildman–Crippen LogP) is -1.21. The second-order valence-electron chi connectivity index (χ2n) is 4.36. The van der Waals surface area contributed by atoms with E-state index >= 15 is 0 Å². The summed E-state index contributed by atoms with van der Waals surface area (Å²) in [4.78, 5) is 34.0. The van der Waals surface area contributed by atoms with E-state index in [2.05, 4.69) is 20.8 Å². The number of hydrogen-bond acceptors (Lipinski definition) is 5. The summed E-state index contributed by atoms with van der Waals surface area (Å²) in [5.41, 5.74) is -0.250. The van der Waals surface area contributed by atoms with Crippen LogP contribution in [0.2, 0.25) is 0 Å². The summed E-state index contributed by atoms with van der Waals surface area (Å²) in [5, 5.41) is 11.0. The topological polar surface area (TPSA) is 113 Å². The molecule has 2 amide bonds. The number of carbonyl (C=O) groups excluding carboxylic acids is 2. The number of nitrogens with zero attached hydrogens (tertiary/aromatic N) is 1. The number of rotatable bonds is 5. The lowest BCUT2D eigenvalue weighted by Crippen LogP contribution is -2.39. The summed E-state index contributed by atoms with van der Waals surface area (Å²) in [5.74, 6) is -0.563. The fraction of sp³-hybridized carbons (Fsp3) is 0.500. The molecule has 2 heterocycles. The fourth-order valence-electron chi connectivity index (χ4n) is 1.82. The minimum Gasteiger partial charge on any atom is -0.368 e. The Labute approximate surface area is 114 Å². The van der Waals surface area contributed by atoms with Crippen LogP contribution < -0.4 is 16.2 Å². The van der Waals surface area contributed by atoms with Crippen molar-refractivity contribution in [2.75, 3.05) is 19.7 Å². The van der Waals surface area contributed by atoms with Crippen molar-refractivity contribution < 1.29 is 14.3 Å². The number of aromatic nitrogens is 2. The highest BCUT2D eigenvalue weighted by Gasteiger charge is 2.22. The molecule has 1 saturated heterocycles. The normalized spacial score (nSPS) is 17.7. The molecule has 0 aliphatic carbocycles. The van der Waals surface area contributed by atoms with E-state index in [4.69, 9.17) is 4.74 Å². The molecule has 0 bridgehead atoms. The maximum absolute atomic E-state index is 11.6. The zero-order valence-electron chi connectivity index (χ0n) is 10.8. The number of nitrogens with one attached hydrogen (secondary N) is 3. The van der Waals surface area contributed by atoms with Crippen LogP contribution in [0, 0.1) is 0 Å². The first-order valence-corrected chi connectivity index (χ1v) is 6.40. The first kappa shape index (κ1) is 14.2. The summed E-state index contributed by atoms with van der Waals surface area (Å²) in [6.45, 7) is 1.21. The van der Waals surface area contributed by atoms with Crippen LogP contribution in [0.1, 0.15) is 23.3 Å². The minimum absolute atomic E-state index is 0.120. The summed E-state index contributed by atoms with van der Waals surface area (Å²) in [6.07, 6.45) is 1.26. The SMILES string of the molecule is O=C(NCCNC(=O)C1CCCO1)c1ccc(=O)[nH]n1. The monoisotopic (exact) mass is 280 g/mol. The number of hydrogen-bond donors (Lipinski definition) is 3. The lowest BCUT2D eigenvalue weighted by atomic mass is 10.2. The Balaban J connectivity index is 1.67. The van der Waals surface area contributed by atoms with Crippen molar-refractivity contribution in [1.29, 1.82) is 0 Å². The van der Waals surface area contributed by atoms with Gasteiger partial charge in [0.2, 0.25) is 5.91 Å². The van der Waals surface area contributed by atoms with E-state index in [9.17, 15) is 14.4 Å². The van der Waals surface area contributed by atoms with Crippen molar-refractivity contribution in [3.63, 3.8) is 0 Å². The van der Waals surface area contributed by atoms with Crippen molar-refractivity contribution in [2.24, 2.45) is 0 Å². The average Bonchev–Trinajstić information content (AvgIpc) is 2.98. The molecule has 0 saturated carbocycles. The third kappa shape index (κ3) is 3.89. The van der Waals surface area contributed by atoms with Gasteiger partial charge in [0.15, 0.2) is 0 Å². The number of ether oxygens (including phenoxy) is 1. The maximum atomic E-state index is 11.6. The van der Waals surface area contributed by atoms with Crippen LogP contribution in [0.3, 0.4) is 0 Å². The molecule has 20 heavy (non-hydrogen) atoms. The molecule has 1 aromatic heterocycles. The Kier molecular flexibility index (Phi) is 4.83. The molecule has 1 aliphatic rings. The van der Waals surface area contributed by atoms with Crippen molar-refractivity contribution in [3.8, 4) is 0 Å². The molecule has 1 atom stereocenters. The van der Waals surface area contributed by atoms with Crippen LogP contribution in [0.5, 0.6) is 0 Å². The highest BCUT2D eigenvalue weighted by atomic mass is 16.5. The van der Waals surface area contributed by atoms with Gasteiger partial charge in [0.25, 0.3) is 11.5 Å². The van der Waals surface area contributed by atoms with Gasteiger partial charge in [-0.25, -0.2) is 5.10 Å². The Morgan fingerprint density at radius 1 is 1.35 bits per heavy atom. The largest absolute Gasteiger partial charge is 0.368 e. The summed E-state index contributed by atoms with van der Waals surface area (Å²) < 4.78 is 5.23. The number of aromatic amines is 1. The summed E-state index contributed by atoms with van der Waals surface area (Å²) in [6, 6.07) is 2.56. The van der Waals surface area contributed by atoms with Crippen molar-refractivity contribution in [3.05, 3.63) is 28.2 Å². The molecule has 1 unspecified atom stereocenters. The van der Waals surface area contributed by atoms with Crippen molar-refractivity contribution >= 4 is 11.8 Å². The Morgan fingerprint density at radius 3 is 2.80 bits per heavy atom. The van der Waals surface area contributed by atoms with E-state index in [-0.39, 0.29) is 29.8 Å². The Bertz CT molecular complexity index is 516. The van der Waals surface area contributed by atoms with Crippen molar-refractivity contribution in [2.45, 2.75) is 18.9 Å². The smallest absolute Gasteiger partial charge is 0.271 e. The molecule has 1 aromatic rings. The number of carbonyl (C=O) groups is 2. The molecule has 108 valence electrons. The van der Waals surface area contributed by atoms with E-state index in [1.165, 1.54) is 12.1 Å². The van der Waals surface area contributed by atoms with Gasteiger partial charge in [-0.2, -0.15) is 5.10 Å². The van der Waals surface area contributed by atoms with Crippen LogP contribution in [-0.2, 0) is 9.53 Å². The highest BCUT2D eigenvalue weighted by Crippen LogP contribution is 2.11. The van der Waals surface area contributed by atoms with E-state index in [1.807, 2.05) is 0 Å². The van der Waals surface area contributed by atoms with Gasteiger partial charge in [0.1, 0.15) is 11.8 Å². The van der Waals surface area contributed by atoms with Gasteiger partial charge in [0, 0.05) is 25.8 Å². The zero-order valence-corrected chi connectivity index (χ0v) is 10.8. The van der Waals surface area contributed by atoms with Crippen LogP contribution in [0.4, 0.5) is 0 Å². The van der Waals surface area contributed by atoms with Gasteiger partial charge < -0.3 is 15.4 Å². The van der Waals surface area contributed by atoms with E-state index in [0.717, 1.165) is 12.8 Å². The van der Waals surface area contributed by atoms with Gasteiger partial charge in [-0.05, 0) is 18.9 Å². The molecule has 8 heteroatoms. The zero-order chi connectivity index (χ0) is 14.4. The molecular weight excluding hydrogens is 264 g/mol. The standard InChI is InChI=1S/C12H16N4O4/c17-10-4-3-8(15-16-10)11(18)13-5-6-14-12(19)9-2-1-7-20-9/h3-4,9H,1-2,5-7H2,(H,13,18)(H,14,19)(H,16,17). The quantitative estimate of drug-likeness (QED) is 0.586. The second kappa shape index (κ2) is 6.80. The first-order chi connectivity index (χ1) is 9.66. The summed E-state index contributed by atoms with van der Waals surface area (Å²) in [7, 11) is 0. The lowest BCUT2D eigenvalue weighted by molar-refractivity contribution is -0.129. The highest BCUT2D eigenvalue weighted by molar-refractivity contribution is 5.92. The summed E-state index contributed by atoms with van der Waals surface area (Å²) >= 11 is 0. The van der Waals surface area contributed by atoms with Gasteiger partial charge in [0.05, 0.1) is 0 Å². The van der Waals surface area contributed by atoms with Gasteiger partial charge in [-0.1, -0.05) is 0 Å². The van der Waals surface area contributed by atoms with Gasteiger partial charge in [-0.3, -0.25) is 14.4 Å². The van der Waals surface area contributed by atoms with Crippen LogP contribution in [0.25, 0.3) is 0 Å². The molecule has 3 N–H and O–H groups in total. The second-order valence-corrected chi connectivity index (χ2v) is 4.36. The minimum atomic E-state index is -0.410. The molecule has 1 aliphatic heterocycles. The van der Waals surface area contributed by atoms with Crippen LogP contribution in [-0.4, -0.2) is 47.8 Å². The molecular formula is C12H16N4O4. The third-order valence-corrected chi connectivity index (χ3v) is 2.84. The van der Waals surface area contributed by atoms with E-state index < -0.39 is 5.91 Å². The van der Waals surface area contributed by atoms with Crippen LogP contribution in [0.15, 0.2) is 16.9 Å². The number of amides is 2. The molecule has 8 nitrogen and oxygen atoms in total.